The quantitative estimate of drug-likeness (QED) is 0.768. The Labute approximate surface area is 86.4 Å². The average Bonchev–Trinajstić information content (AvgIpc) is 2.14. The van der Waals surface area contributed by atoms with Gasteiger partial charge in [-0.1, -0.05) is 0 Å². The Kier molecular flexibility index (Phi) is 3.96. The number of nitrogens with two attached hydrogens (primary N) is 1. The van der Waals surface area contributed by atoms with Crippen LogP contribution < -0.4 is 5.73 Å². The topological polar surface area (TPSA) is 46.3 Å². The molecule has 0 atom stereocenters. The van der Waals surface area contributed by atoms with E-state index in [2.05, 4.69) is 0 Å². The zero-order valence-electron chi connectivity index (χ0n) is 8.39. The number of carbonyl (C=O) groups excluding carboxylic acids is 1. The van der Waals surface area contributed by atoms with Crippen molar-refractivity contribution in [3.05, 3.63) is 0 Å². The summed E-state index contributed by atoms with van der Waals surface area (Å²) in [6, 6.07) is 0.0802. The van der Waals surface area contributed by atoms with Crippen molar-refractivity contribution in [3.63, 3.8) is 0 Å². The lowest BCUT2D eigenvalue weighted by Crippen LogP contribution is -2.43. The molecule has 0 unspecified atom stereocenters. The second-order valence-electron chi connectivity index (χ2n) is 3.83. The van der Waals surface area contributed by atoms with Crippen LogP contribution in [0.25, 0.3) is 0 Å². The third kappa shape index (κ3) is 4.51. The molecule has 1 fully saturated rings. The second kappa shape index (κ2) is 4.83. The molecular formula is C9H15F3N2O. The van der Waals surface area contributed by atoms with Gasteiger partial charge in [-0.2, -0.15) is 13.2 Å². The van der Waals surface area contributed by atoms with Crippen LogP contribution in [-0.4, -0.2) is 36.1 Å². The van der Waals surface area contributed by atoms with Crippen LogP contribution in [0.3, 0.4) is 0 Å². The minimum absolute atomic E-state index is 0.0802. The number of carbonyl (C=O) groups is 1. The highest BCUT2D eigenvalue weighted by Gasteiger charge is 2.29. The zero-order valence-corrected chi connectivity index (χ0v) is 8.39. The number of amides is 1. The van der Waals surface area contributed by atoms with Gasteiger partial charge in [0.25, 0.3) is 0 Å². The summed E-state index contributed by atoms with van der Waals surface area (Å²) >= 11 is 0. The number of rotatable bonds is 2. The Hall–Kier alpha value is -0.780. The summed E-state index contributed by atoms with van der Waals surface area (Å²) in [6.07, 6.45) is -4.37. The molecule has 15 heavy (non-hydrogen) atoms. The highest BCUT2D eigenvalue weighted by Crippen LogP contribution is 2.22. The second-order valence-corrected chi connectivity index (χ2v) is 3.83. The third-order valence-electron chi connectivity index (χ3n) is 2.51. The van der Waals surface area contributed by atoms with Gasteiger partial charge in [-0.25, -0.2) is 0 Å². The number of hydrogen-bond acceptors (Lipinski definition) is 2. The summed E-state index contributed by atoms with van der Waals surface area (Å²) in [5.41, 5.74) is 5.62. The van der Waals surface area contributed by atoms with Crippen LogP contribution in [0.2, 0.25) is 0 Å². The van der Waals surface area contributed by atoms with Crippen LogP contribution >= 0.6 is 0 Å². The van der Waals surface area contributed by atoms with Crippen molar-refractivity contribution in [1.29, 1.82) is 0 Å². The Morgan fingerprint density at radius 3 is 2.33 bits per heavy atom. The molecule has 0 radical (unpaired) electrons. The van der Waals surface area contributed by atoms with Crippen molar-refractivity contribution in [1.82, 2.24) is 4.90 Å². The molecule has 1 rings (SSSR count). The van der Waals surface area contributed by atoms with Gasteiger partial charge in [0.1, 0.15) is 0 Å². The van der Waals surface area contributed by atoms with Gasteiger partial charge < -0.3 is 10.6 Å². The molecule has 0 bridgehead atoms. The molecule has 0 saturated carbocycles. The predicted molar refractivity (Wildman–Crippen MR) is 49.1 cm³/mol. The summed E-state index contributed by atoms with van der Waals surface area (Å²) in [6.45, 7) is 0.968. The molecular weight excluding hydrogens is 209 g/mol. The largest absolute Gasteiger partial charge is 0.389 e. The predicted octanol–water partition coefficient (Wildman–Crippen LogP) is 1.28. The van der Waals surface area contributed by atoms with E-state index in [-0.39, 0.29) is 6.04 Å². The monoisotopic (exact) mass is 224 g/mol. The van der Waals surface area contributed by atoms with E-state index in [1.54, 1.807) is 0 Å². The van der Waals surface area contributed by atoms with Crippen LogP contribution in [0.1, 0.15) is 25.7 Å². The normalized spacial score (nSPS) is 19.3. The maximum atomic E-state index is 11.9. The molecule has 1 aliphatic rings. The van der Waals surface area contributed by atoms with E-state index in [9.17, 15) is 18.0 Å². The van der Waals surface area contributed by atoms with Gasteiger partial charge in [-0.15, -0.1) is 0 Å². The van der Waals surface area contributed by atoms with Crippen molar-refractivity contribution in [3.8, 4) is 0 Å². The van der Waals surface area contributed by atoms with Gasteiger partial charge >= 0.3 is 6.18 Å². The van der Waals surface area contributed by atoms with Crippen molar-refractivity contribution in [2.45, 2.75) is 37.9 Å². The maximum absolute atomic E-state index is 11.9. The number of hydrogen-bond donors (Lipinski definition) is 1. The first-order valence-corrected chi connectivity index (χ1v) is 4.98. The van der Waals surface area contributed by atoms with Crippen LogP contribution in [-0.2, 0) is 4.79 Å². The third-order valence-corrected chi connectivity index (χ3v) is 2.51. The number of halogens is 3. The Bertz CT molecular complexity index is 222. The van der Waals surface area contributed by atoms with Crippen LogP contribution in [0.5, 0.6) is 0 Å². The molecule has 0 aromatic carbocycles. The molecule has 0 aromatic heterocycles. The summed E-state index contributed by atoms with van der Waals surface area (Å²) < 4.78 is 35.6. The molecule has 6 heteroatoms. The number of piperidine rings is 1. The van der Waals surface area contributed by atoms with Gasteiger partial charge in [0.15, 0.2) is 0 Å². The lowest BCUT2D eigenvalue weighted by molar-refractivity contribution is -0.149. The molecule has 0 aromatic rings. The highest BCUT2D eigenvalue weighted by molar-refractivity contribution is 5.76. The Morgan fingerprint density at radius 1 is 1.33 bits per heavy atom. The van der Waals surface area contributed by atoms with E-state index in [4.69, 9.17) is 5.73 Å². The Morgan fingerprint density at radius 2 is 1.87 bits per heavy atom. The molecule has 0 aliphatic carbocycles. The smallest absolute Gasteiger partial charge is 0.343 e. The molecule has 3 nitrogen and oxygen atoms in total. The van der Waals surface area contributed by atoms with E-state index in [1.165, 1.54) is 4.90 Å². The molecule has 0 spiro atoms. The number of alkyl halides is 3. The van der Waals surface area contributed by atoms with Crippen molar-refractivity contribution < 1.29 is 18.0 Å². The first-order chi connectivity index (χ1) is 6.88. The van der Waals surface area contributed by atoms with Gasteiger partial charge in [0.2, 0.25) is 5.91 Å². The number of likely N-dealkylation sites (tertiary alicyclic amines) is 1. The summed E-state index contributed by atoms with van der Waals surface area (Å²) in [7, 11) is 0. The van der Waals surface area contributed by atoms with Crippen molar-refractivity contribution in [2.24, 2.45) is 5.73 Å². The van der Waals surface area contributed by atoms with Gasteiger partial charge in [0.05, 0.1) is 6.42 Å². The van der Waals surface area contributed by atoms with Crippen LogP contribution in [0, 0.1) is 0 Å². The van der Waals surface area contributed by atoms with E-state index >= 15 is 0 Å². The first-order valence-electron chi connectivity index (χ1n) is 4.98. The highest BCUT2D eigenvalue weighted by atomic mass is 19.4. The lowest BCUT2D eigenvalue weighted by atomic mass is 10.1. The summed E-state index contributed by atoms with van der Waals surface area (Å²) in [5, 5.41) is 0. The molecule has 1 saturated heterocycles. The van der Waals surface area contributed by atoms with E-state index in [1.807, 2.05) is 0 Å². The number of nitrogens with zero attached hydrogens (tertiary/aromatic N) is 1. The SMILES string of the molecule is NC1CCN(C(=O)CCC(F)(F)F)CC1. The van der Waals surface area contributed by atoms with Gasteiger partial charge in [-0.3, -0.25) is 4.79 Å². The fourth-order valence-electron chi connectivity index (χ4n) is 1.56. The lowest BCUT2D eigenvalue weighted by Gasteiger charge is -2.30. The fraction of sp³-hybridized carbons (Fsp3) is 0.889. The molecule has 1 amide bonds. The minimum Gasteiger partial charge on any atom is -0.343 e. The van der Waals surface area contributed by atoms with Crippen LogP contribution in [0.15, 0.2) is 0 Å². The van der Waals surface area contributed by atoms with E-state index in [0.717, 1.165) is 0 Å². The molecule has 1 heterocycles. The fourth-order valence-corrected chi connectivity index (χ4v) is 1.56. The van der Waals surface area contributed by atoms with Crippen molar-refractivity contribution in [2.75, 3.05) is 13.1 Å². The average molecular weight is 224 g/mol. The van der Waals surface area contributed by atoms with Crippen LogP contribution in [0.4, 0.5) is 13.2 Å². The molecule has 2 N–H and O–H groups in total. The molecule has 1 aliphatic heterocycles. The first kappa shape index (κ1) is 12.3. The van der Waals surface area contributed by atoms with Gasteiger partial charge in [-0.05, 0) is 12.8 Å². The van der Waals surface area contributed by atoms with E-state index < -0.39 is 24.9 Å². The maximum Gasteiger partial charge on any atom is 0.389 e. The minimum atomic E-state index is -4.25. The standard InChI is InChI=1S/C9H15F3N2O/c10-9(11,12)4-1-8(15)14-5-2-7(13)3-6-14/h7H,1-6,13H2. The van der Waals surface area contributed by atoms with E-state index in [0.29, 0.717) is 25.9 Å². The van der Waals surface area contributed by atoms with Gasteiger partial charge in [0, 0.05) is 25.6 Å². The molecule has 88 valence electrons. The summed E-state index contributed by atoms with van der Waals surface area (Å²) in [4.78, 5) is 12.8. The zero-order chi connectivity index (χ0) is 11.5. The summed E-state index contributed by atoms with van der Waals surface area (Å²) in [5.74, 6) is -0.417. The Balaban J connectivity index is 2.29. The van der Waals surface area contributed by atoms with Crippen molar-refractivity contribution >= 4 is 5.91 Å².